The van der Waals surface area contributed by atoms with E-state index in [1.54, 1.807) is 12.2 Å². The molecular formula is C16H28O8. The number of ether oxygens (including phenoxy) is 1. The molecule has 8 nitrogen and oxygen atoms in total. The number of hydrogen-bond acceptors (Lipinski definition) is 6. The van der Waals surface area contributed by atoms with Gasteiger partial charge in [-0.1, -0.05) is 19.1 Å². The van der Waals surface area contributed by atoms with Crippen LogP contribution in [0, 0.1) is 5.41 Å². The normalized spacial score (nSPS) is 10.0. The maximum atomic E-state index is 9.55. The van der Waals surface area contributed by atoms with E-state index in [9.17, 15) is 9.59 Å². The highest BCUT2D eigenvalue weighted by Crippen LogP contribution is 2.18. The molecule has 0 atom stereocenters. The molecular weight excluding hydrogens is 320 g/mol. The van der Waals surface area contributed by atoms with Crippen molar-refractivity contribution < 1.29 is 39.9 Å². The molecule has 0 aromatic carbocycles. The third-order valence-corrected chi connectivity index (χ3v) is 2.60. The maximum Gasteiger partial charge on any atom is 0.328 e. The van der Waals surface area contributed by atoms with Crippen LogP contribution < -0.4 is 0 Å². The molecule has 0 aromatic rings. The first-order chi connectivity index (χ1) is 11.3. The van der Waals surface area contributed by atoms with Crippen molar-refractivity contribution in [1.82, 2.24) is 0 Å². The summed E-state index contributed by atoms with van der Waals surface area (Å²) < 4.78 is 4.90. The molecule has 5 N–H and O–H groups in total. The van der Waals surface area contributed by atoms with Crippen LogP contribution in [0.5, 0.6) is 0 Å². The molecule has 0 saturated carbocycles. The second-order valence-corrected chi connectivity index (χ2v) is 4.45. The molecule has 0 spiro atoms. The standard InChI is InChI=1S/C6H14O3.C6H10O.C4H4O4/c1-2-6(3-7,4-8)5-9;1-3-5-7-6-4-2;5-3(6)1-2-4(7)8/h7-9H,2-5H2,1H3;3-4H,1-2,5-6H2;1-2H,(H,5,6)(H,7,8)/b;;2-1-. The Hall–Kier alpha value is -2.00. The van der Waals surface area contributed by atoms with Crippen LogP contribution in [-0.2, 0) is 14.3 Å². The highest BCUT2D eigenvalue weighted by molar-refractivity contribution is 5.89. The average Bonchev–Trinajstić information content (AvgIpc) is 2.57. The lowest BCUT2D eigenvalue weighted by molar-refractivity contribution is -0.134. The molecule has 0 amide bonds. The summed E-state index contributed by atoms with van der Waals surface area (Å²) in [5.41, 5.74) is -0.667. The predicted molar refractivity (Wildman–Crippen MR) is 89.6 cm³/mol. The van der Waals surface area contributed by atoms with E-state index in [0.717, 1.165) is 0 Å². The first-order valence-corrected chi connectivity index (χ1v) is 7.05. The molecule has 140 valence electrons. The third-order valence-electron chi connectivity index (χ3n) is 2.60. The number of aliphatic hydroxyl groups is 3. The Labute approximate surface area is 142 Å². The van der Waals surface area contributed by atoms with Gasteiger partial charge in [0.15, 0.2) is 0 Å². The summed E-state index contributed by atoms with van der Waals surface area (Å²) in [6.45, 7) is 9.53. The number of hydrogen-bond donors (Lipinski definition) is 5. The first-order valence-electron chi connectivity index (χ1n) is 7.05. The van der Waals surface area contributed by atoms with Crippen LogP contribution >= 0.6 is 0 Å². The molecule has 0 aliphatic carbocycles. The predicted octanol–water partition coefficient (Wildman–Crippen LogP) is 0.446. The van der Waals surface area contributed by atoms with Gasteiger partial charge in [-0.2, -0.15) is 0 Å². The van der Waals surface area contributed by atoms with Crippen molar-refractivity contribution in [3.05, 3.63) is 37.5 Å². The van der Waals surface area contributed by atoms with Gasteiger partial charge in [0, 0.05) is 17.6 Å². The Morgan fingerprint density at radius 3 is 1.38 bits per heavy atom. The van der Waals surface area contributed by atoms with Gasteiger partial charge in [-0.15, -0.1) is 13.2 Å². The van der Waals surface area contributed by atoms with E-state index < -0.39 is 17.4 Å². The summed E-state index contributed by atoms with van der Waals surface area (Å²) in [5.74, 6) is -2.51. The van der Waals surface area contributed by atoms with Crippen LogP contribution in [0.3, 0.4) is 0 Å². The molecule has 0 bridgehead atoms. The molecule has 0 heterocycles. The molecule has 0 fully saturated rings. The van der Waals surface area contributed by atoms with Crippen LogP contribution in [0.4, 0.5) is 0 Å². The third kappa shape index (κ3) is 20.0. The van der Waals surface area contributed by atoms with Gasteiger partial charge in [0.1, 0.15) is 0 Å². The Morgan fingerprint density at radius 1 is 0.917 bits per heavy atom. The second-order valence-electron chi connectivity index (χ2n) is 4.45. The molecule has 24 heavy (non-hydrogen) atoms. The van der Waals surface area contributed by atoms with E-state index >= 15 is 0 Å². The molecule has 0 aliphatic heterocycles. The molecule has 0 unspecified atom stereocenters. The number of aliphatic hydroxyl groups excluding tert-OH is 3. The van der Waals surface area contributed by atoms with Crippen LogP contribution in [0.2, 0.25) is 0 Å². The molecule has 8 heteroatoms. The van der Waals surface area contributed by atoms with E-state index in [1.807, 2.05) is 6.92 Å². The fourth-order valence-electron chi connectivity index (χ4n) is 0.863. The summed E-state index contributed by atoms with van der Waals surface area (Å²) in [6, 6.07) is 0. The highest BCUT2D eigenvalue weighted by Gasteiger charge is 2.24. The van der Waals surface area contributed by atoms with Crippen molar-refractivity contribution in [2.24, 2.45) is 5.41 Å². The molecule has 0 saturated heterocycles. The van der Waals surface area contributed by atoms with Gasteiger partial charge in [-0.05, 0) is 6.42 Å². The second kappa shape index (κ2) is 19.0. The van der Waals surface area contributed by atoms with Crippen LogP contribution in [-0.4, -0.2) is 70.5 Å². The van der Waals surface area contributed by atoms with Gasteiger partial charge in [0.05, 0.1) is 33.0 Å². The lowest BCUT2D eigenvalue weighted by Gasteiger charge is -2.24. The van der Waals surface area contributed by atoms with Gasteiger partial charge in [-0.3, -0.25) is 0 Å². The summed E-state index contributed by atoms with van der Waals surface area (Å²) in [5, 5.41) is 41.6. The van der Waals surface area contributed by atoms with E-state index in [-0.39, 0.29) is 19.8 Å². The first kappa shape index (κ1) is 26.9. The van der Waals surface area contributed by atoms with E-state index in [0.29, 0.717) is 31.8 Å². The SMILES string of the molecule is C=CCOCC=C.CCC(CO)(CO)CO.O=C(O)/C=C\C(=O)O. The van der Waals surface area contributed by atoms with E-state index in [4.69, 9.17) is 30.3 Å². The monoisotopic (exact) mass is 348 g/mol. The average molecular weight is 348 g/mol. The number of aliphatic carboxylic acids is 2. The van der Waals surface area contributed by atoms with Crippen LogP contribution in [0.25, 0.3) is 0 Å². The zero-order valence-corrected chi connectivity index (χ0v) is 13.9. The summed E-state index contributed by atoms with van der Waals surface area (Å²) >= 11 is 0. The minimum absolute atomic E-state index is 0.156. The van der Waals surface area contributed by atoms with E-state index in [1.165, 1.54) is 0 Å². The molecule has 0 radical (unpaired) electrons. The van der Waals surface area contributed by atoms with Crippen molar-refractivity contribution in [2.75, 3.05) is 33.0 Å². The van der Waals surface area contributed by atoms with Gasteiger partial charge < -0.3 is 30.3 Å². The number of rotatable bonds is 10. The fraction of sp³-hybridized carbons (Fsp3) is 0.500. The van der Waals surface area contributed by atoms with Crippen molar-refractivity contribution in [1.29, 1.82) is 0 Å². The minimum atomic E-state index is -1.26. The van der Waals surface area contributed by atoms with Crippen LogP contribution in [0.1, 0.15) is 13.3 Å². The molecule has 0 rings (SSSR count). The summed E-state index contributed by atoms with van der Waals surface area (Å²) in [6.07, 6.45) is 5.13. The maximum absolute atomic E-state index is 9.55. The highest BCUT2D eigenvalue weighted by atomic mass is 16.5. The lowest BCUT2D eigenvalue weighted by Crippen LogP contribution is -2.32. The smallest absolute Gasteiger partial charge is 0.328 e. The fourth-order valence-corrected chi connectivity index (χ4v) is 0.863. The van der Waals surface area contributed by atoms with Crippen molar-refractivity contribution in [3.63, 3.8) is 0 Å². The molecule has 0 aromatic heterocycles. The van der Waals surface area contributed by atoms with Gasteiger partial charge in [0.2, 0.25) is 0 Å². The summed E-state index contributed by atoms with van der Waals surface area (Å²) in [7, 11) is 0. The van der Waals surface area contributed by atoms with Crippen molar-refractivity contribution >= 4 is 11.9 Å². The quantitative estimate of drug-likeness (QED) is 0.217. The van der Waals surface area contributed by atoms with Crippen LogP contribution in [0.15, 0.2) is 37.5 Å². The Balaban J connectivity index is -0.000000278. The number of carboxylic acid groups (broad SMARTS) is 2. The molecule has 0 aliphatic rings. The Morgan fingerprint density at radius 2 is 1.25 bits per heavy atom. The number of carbonyl (C=O) groups is 2. The topological polar surface area (TPSA) is 145 Å². The Bertz CT molecular complexity index is 331. The largest absolute Gasteiger partial charge is 0.478 e. The van der Waals surface area contributed by atoms with Gasteiger partial charge in [-0.25, -0.2) is 9.59 Å². The van der Waals surface area contributed by atoms with Gasteiger partial charge >= 0.3 is 11.9 Å². The zero-order valence-electron chi connectivity index (χ0n) is 13.9. The Kier molecular flexibility index (Phi) is 21.3. The van der Waals surface area contributed by atoms with E-state index in [2.05, 4.69) is 13.2 Å². The zero-order chi connectivity index (χ0) is 19.4. The summed E-state index contributed by atoms with van der Waals surface area (Å²) in [4.78, 5) is 19.1. The van der Waals surface area contributed by atoms with Crippen molar-refractivity contribution in [2.45, 2.75) is 13.3 Å². The minimum Gasteiger partial charge on any atom is -0.478 e. The number of carboxylic acids is 2. The van der Waals surface area contributed by atoms with Crippen molar-refractivity contribution in [3.8, 4) is 0 Å². The lowest BCUT2D eigenvalue weighted by atomic mass is 9.88. The van der Waals surface area contributed by atoms with Gasteiger partial charge in [0.25, 0.3) is 0 Å².